The minimum absolute atomic E-state index is 1.17. The number of benzene rings is 6. The maximum absolute atomic E-state index is 3.60. The molecule has 2 aromatic heterocycles. The standard InChI is InChI=1S/C36H24N2/c1-2-10-24(11-3-1)25-12-8-13-27(22-25)38-34-19-7-5-14-29(34)30-21-20-26(23-35(30)38)28-16-9-18-33-36(28)31-15-4-6-17-32(31)37-33/h1-23,37H. The van der Waals surface area contributed by atoms with Crippen LogP contribution < -0.4 is 0 Å². The zero-order chi connectivity index (χ0) is 25.1. The van der Waals surface area contributed by atoms with Gasteiger partial charge in [-0.05, 0) is 58.7 Å². The topological polar surface area (TPSA) is 20.7 Å². The highest BCUT2D eigenvalue weighted by atomic mass is 15.0. The molecule has 0 saturated heterocycles. The third kappa shape index (κ3) is 3.14. The summed E-state index contributed by atoms with van der Waals surface area (Å²) in [6, 6.07) is 50.2. The normalized spacial score (nSPS) is 11.7. The fourth-order valence-electron chi connectivity index (χ4n) is 6.01. The molecule has 1 N–H and O–H groups in total. The Morgan fingerprint density at radius 1 is 0.421 bits per heavy atom. The molecule has 0 aliphatic rings. The number of aromatic nitrogens is 2. The third-order valence-electron chi connectivity index (χ3n) is 7.73. The first-order valence-corrected chi connectivity index (χ1v) is 13.0. The average Bonchev–Trinajstić information content (AvgIpc) is 3.53. The third-order valence-corrected chi connectivity index (χ3v) is 7.73. The molecule has 0 aliphatic carbocycles. The number of nitrogens with zero attached hydrogens (tertiary/aromatic N) is 1. The van der Waals surface area contributed by atoms with Gasteiger partial charge < -0.3 is 9.55 Å². The van der Waals surface area contributed by atoms with Gasteiger partial charge in [0.05, 0.1) is 11.0 Å². The molecular formula is C36H24N2. The van der Waals surface area contributed by atoms with E-state index >= 15 is 0 Å². The van der Waals surface area contributed by atoms with Crippen LogP contribution in [0.3, 0.4) is 0 Å². The summed E-state index contributed by atoms with van der Waals surface area (Å²) in [7, 11) is 0. The molecule has 0 bridgehead atoms. The summed E-state index contributed by atoms with van der Waals surface area (Å²) in [6.45, 7) is 0. The van der Waals surface area contributed by atoms with Crippen molar-refractivity contribution in [2.24, 2.45) is 0 Å². The summed E-state index contributed by atoms with van der Waals surface area (Å²) in [6.07, 6.45) is 0. The monoisotopic (exact) mass is 484 g/mol. The molecule has 38 heavy (non-hydrogen) atoms. The van der Waals surface area contributed by atoms with E-state index < -0.39 is 0 Å². The molecule has 0 atom stereocenters. The van der Waals surface area contributed by atoms with Gasteiger partial charge >= 0.3 is 0 Å². The molecule has 0 amide bonds. The number of nitrogens with one attached hydrogen (secondary N) is 1. The van der Waals surface area contributed by atoms with E-state index in [-0.39, 0.29) is 0 Å². The van der Waals surface area contributed by atoms with Crippen LogP contribution in [0.5, 0.6) is 0 Å². The van der Waals surface area contributed by atoms with Gasteiger partial charge in [0.15, 0.2) is 0 Å². The predicted octanol–water partition coefficient (Wildman–Crippen LogP) is 9.75. The van der Waals surface area contributed by atoms with E-state index in [0.29, 0.717) is 0 Å². The molecule has 0 spiro atoms. The van der Waals surface area contributed by atoms with Crippen molar-refractivity contribution in [2.75, 3.05) is 0 Å². The number of aromatic amines is 1. The van der Waals surface area contributed by atoms with Crippen LogP contribution >= 0.6 is 0 Å². The van der Waals surface area contributed by atoms with Crippen molar-refractivity contribution >= 4 is 43.6 Å². The van der Waals surface area contributed by atoms with Gasteiger partial charge in [-0.3, -0.25) is 0 Å². The van der Waals surface area contributed by atoms with Gasteiger partial charge in [0.25, 0.3) is 0 Å². The Hall–Kier alpha value is -5.08. The van der Waals surface area contributed by atoms with E-state index in [4.69, 9.17) is 0 Å². The second-order valence-corrected chi connectivity index (χ2v) is 9.90. The van der Waals surface area contributed by atoms with Gasteiger partial charge in [0, 0.05) is 38.3 Å². The smallest absolute Gasteiger partial charge is 0.0547 e. The lowest BCUT2D eigenvalue weighted by molar-refractivity contribution is 1.18. The van der Waals surface area contributed by atoms with Crippen LogP contribution in [0.15, 0.2) is 140 Å². The van der Waals surface area contributed by atoms with E-state index in [1.165, 1.54) is 71.6 Å². The van der Waals surface area contributed by atoms with Crippen LogP contribution in [0, 0.1) is 0 Å². The highest BCUT2D eigenvalue weighted by Gasteiger charge is 2.15. The Morgan fingerprint density at radius 2 is 1.13 bits per heavy atom. The Balaban J connectivity index is 1.41. The first kappa shape index (κ1) is 21.0. The minimum atomic E-state index is 1.17. The number of fused-ring (bicyclic) bond motifs is 6. The lowest BCUT2D eigenvalue weighted by Crippen LogP contribution is -1.94. The second-order valence-electron chi connectivity index (χ2n) is 9.90. The fourth-order valence-corrected chi connectivity index (χ4v) is 6.01. The predicted molar refractivity (Wildman–Crippen MR) is 161 cm³/mol. The lowest BCUT2D eigenvalue weighted by Gasteiger charge is -2.11. The number of H-pyrrole nitrogens is 1. The molecule has 6 aromatic carbocycles. The highest BCUT2D eigenvalue weighted by molar-refractivity contribution is 6.16. The molecule has 0 radical (unpaired) electrons. The molecule has 8 rings (SSSR count). The quantitative estimate of drug-likeness (QED) is 0.258. The summed E-state index contributed by atoms with van der Waals surface area (Å²) >= 11 is 0. The molecule has 2 nitrogen and oxygen atoms in total. The molecule has 2 heterocycles. The van der Waals surface area contributed by atoms with Gasteiger partial charge in [-0.1, -0.05) is 103 Å². The van der Waals surface area contributed by atoms with E-state index in [1.54, 1.807) is 0 Å². The summed E-state index contributed by atoms with van der Waals surface area (Å²) in [5.41, 5.74) is 10.8. The van der Waals surface area contributed by atoms with Gasteiger partial charge in [-0.25, -0.2) is 0 Å². The van der Waals surface area contributed by atoms with Crippen molar-refractivity contribution in [3.05, 3.63) is 140 Å². The maximum Gasteiger partial charge on any atom is 0.0547 e. The second kappa shape index (κ2) is 8.22. The molecule has 0 fully saturated rings. The Bertz CT molecular complexity index is 2130. The van der Waals surface area contributed by atoms with Crippen LogP contribution in [-0.4, -0.2) is 9.55 Å². The van der Waals surface area contributed by atoms with Crippen molar-refractivity contribution in [3.63, 3.8) is 0 Å². The van der Waals surface area contributed by atoms with Crippen molar-refractivity contribution < 1.29 is 0 Å². The van der Waals surface area contributed by atoms with E-state index in [1.807, 2.05) is 0 Å². The summed E-state index contributed by atoms with van der Waals surface area (Å²) in [4.78, 5) is 3.60. The highest BCUT2D eigenvalue weighted by Crippen LogP contribution is 2.39. The van der Waals surface area contributed by atoms with Gasteiger partial charge in [0.1, 0.15) is 0 Å². The summed E-state index contributed by atoms with van der Waals surface area (Å²) < 4.78 is 2.41. The maximum atomic E-state index is 3.60. The number of para-hydroxylation sites is 2. The minimum Gasteiger partial charge on any atom is -0.354 e. The zero-order valence-electron chi connectivity index (χ0n) is 20.7. The largest absolute Gasteiger partial charge is 0.354 e. The molecule has 0 unspecified atom stereocenters. The first-order valence-electron chi connectivity index (χ1n) is 13.0. The van der Waals surface area contributed by atoms with Crippen LogP contribution in [0.4, 0.5) is 0 Å². The fraction of sp³-hybridized carbons (Fsp3) is 0. The molecule has 8 aromatic rings. The number of rotatable bonds is 3. The molecular weight excluding hydrogens is 460 g/mol. The van der Waals surface area contributed by atoms with Gasteiger partial charge in [-0.15, -0.1) is 0 Å². The average molecular weight is 485 g/mol. The van der Waals surface area contributed by atoms with E-state index in [2.05, 4.69) is 149 Å². The molecule has 178 valence electrons. The zero-order valence-corrected chi connectivity index (χ0v) is 20.7. The van der Waals surface area contributed by atoms with Gasteiger partial charge in [-0.2, -0.15) is 0 Å². The van der Waals surface area contributed by atoms with Crippen LogP contribution in [-0.2, 0) is 0 Å². The molecule has 0 saturated carbocycles. The molecule has 2 heteroatoms. The van der Waals surface area contributed by atoms with Crippen molar-refractivity contribution in [1.82, 2.24) is 9.55 Å². The Labute approximate surface area is 220 Å². The van der Waals surface area contributed by atoms with Crippen LogP contribution in [0.25, 0.3) is 71.6 Å². The Kier molecular flexibility index (Phi) is 4.55. The van der Waals surface area contributed by atoms with E-state index in [9.17, 15) is 0 Å². The van der Waals surface area contributed by atoms with Crippen molar-refractivity contribution in [1.29, 1.82) is 0 Å². The summed E-state index contributed by atoms with van der Waals surface area (Å²) in [5.74, 6) is 0. The Morgan fingerprint density at radius 3 is 2.05 bits per heavy atom. The van der Waals surface area contributed by atoms with Gasteiger partial charge in [0.2, 0.25) is 0 Å². The molecule has 0 aliphatic heterocycles. The van der Waals surface area contributed by atoms with E-state index in [0.717, 1.165) is 0 Å². The van der Waals surface area contributed by atoms with Crippen molar-refractivity contribution in [2.45, 2.75) is 0 Å². The SMILES string of the molecule is c1ccc(-c2cccc(-n3c4ccccc4c4ccc(-c5cccc6[nH]c7ccccc7c56)cc43)c2)cc1. The number of hydrogen-bond acceptors (Lipinski definition) is 0. The van der Waals surface area contributed by atoms with Crippen LogP contribution in [0.2, 0.25) is 0 Å². The van der Waals surface area contributed by atoms with Crippen LogP contribution in [0.1, 0.15) is 0 Å². The van der Waals surface area contributed by atoms with Crippen molar-refractivity contribution in [3.8, 4) is 27.9 Å². The first-order chi connectivity index (χ1) is 18.8. The summed E-state index contributed by atoms with van der Waals surface area (Å²) in [5, 5.41) is 5.07. The number of hydrogen-bond donors (Lipinski definition) is 1. The lowest BCUT2D eigenvalue weighted by atomic mass is 9.98.